The van der Waals surface area contributed by atoms with Gasteiger partial charge in [0, 0.05) is 23.8 Å². The Labute approximate surface area is 205 Å². The summed E-state index contributed by atoms with van der Waals surface area (Å²) in [5.74, 6) is -0.436. The zero-order chi connectivity index (χ0) is 24.8. The van der Waals surface area contributed by atoms with Gasteiger partial charge in [0.2, 0.25) is 5.69 Å². The molecule has 0 unspecified atom stereocenters. The number of hydrogen-bond acceptors (Lipinski definition) is 1. The number of furan rings is 1. The number of pyridine rings is 1. The molecule has 1 saturated carbocycles. The minimum atomic E-state index is -0.436. The van der Waals surface area contributed by atoms with Crippen molar-refractivity contribution in [2.45, 2.75) is 89.9 Å². The summed E-state index contributed by atoms with van der Waals surface area (Å²) < 4.78 is 17.9. The molecule has 2 nitrogen and oxygen atoms in total. The minimum absolute atomic E-state index is 0.113. The first-order chi connectivity index (χ1) is 16.5. The maximum atomic E-state index is 8.97. The predicted molar refractivity (Wildman–Crippen MR) is 142 cm³/mol. The zero-order valence-electron chi connectivity index (χ0n) is 22.6. The molecule has 2 aliphatic carbocycles. The summed E-state index contributed by atoms with van der Waals surface area (Å²) in [5.41, 5.74) is 9.86. The van der Waals surface area contributed by atoms with Crippen molar-refractivity contribution in [3.63, 3.8) is 0 Å². The molecule has 4 aromatic rings. The largest absolute Gasteiger partial charge is 0.455 e. The van der Waals surface area contributed by atoms with Gasteiger partial charge in [-0.1, -0.05) is 58.7 Å². The van der Waals surface area contributed by atoms with Crippen LogP contribution in [0.4, 0.5) is 0 Å². The zero-order valence-corrected chi connectivity index (χ0v) is 21.6. The van der Waals surface area contributed by atoms with E-state index >= 15 is 0 Å². The lowest BCUT2D eigenvalue weighted by Gasteiger charge is -2.42. The molecule has 2 heterocycles. The lowest BCUT2D eigenvalue weighted by Crippen LogP contribution is -2.33. The summed E-state index contributed by atoms with van der Waals surface area (Å²) >= 11 is 0. The van der Waals surface area contributed by atoms with Crippen LogP contribution in [0, 0.1) is 6.92 Å². The van der Waals surface area contributed by atoms with Gasteiger partial charge in [-0.05, 0) is 78.2 Å². The molecule has 0 atom stereocenters. The standard InChI is InChI=1S/C32H38NO/c1-20-11-13-23-28-26(16-14-24-29(28)32(4,5)18-17-31(24,2)3)34-30(23)27(20)25-15-12-22(19-33(25)6)21-9-7-8-10-21/h11-16,19,21H,7-10,17-18H2,1-6H3/q+1/i21D. The van der Waals surface area contributed by atoms with Gasteiger partial charge in [0.15, 0.2) is 6.20 Å². The second-order valence-corrected chi connectivity index (χ2v) is 12.1. The smallest absolute Gasteiger partial charge is 0.216 e. The van der Waals surface area contributed by atoms with E-state index in [1.165, 1.54) is 45.9 Å². The minimum Gasteiger partial charge on any atom is -0.455 e. The average Bonchev–Trinajstić information content (AvgIpc) is 3.41. The molecule has 0 spiro atoms. The first kappa shape index (κ1) is 20.7. The van der Waals surface area contributed by atoms with Crippen LogP contribution in [0.3, 0.4) is 0 Å². The van der Waals surface area contributed by atoms with Crippen LogP contribution in [0.1, 0.15) is 95.7 Å². The van der Waals surface area contributed by atoms with Gasteiger partial charge in [-0.25, -0.2) is 4.57 Å². The highest BCUT2D eigenvalue weighted by atomic mass is 16.3. The molecule has 0 radical (unpaired) electrons. The van der Waals surface area contributed by atoms with Gasteiger partial charge < -0.3 is 4.42 Å². The van der Waals surface area contributed by atoms with Crippen LogP contribution >= 0.6 is 0 Å². The third-order valence-electron chi connectivity index (χ3n) is 8.80. The fraction of sp³-hybridized carbons (Fsp3) is 0.469. The van der Waals surface area contributed by atoms with Crippen molar-refractivity contribution < 1.29 is 10.4 Å². The van der Waals surface area contributed by atoms with E-state index < -0.39 is 5.89 Å². The van der Waals surface area contributed by atoms with Crippen molar-refractivity contribution in [2.75, 3.05) is 0 Å². The summed E-state index contributed by atoms with van der Waals surface area (Å²) in [6.07, 6.45) is 8.81. The van der Waals surface area contributed by atoms with Gasteiger partial charge in [0.1, 0.15) is 18.2 Å². The summed E-state index contributed by atoms with van der Waals surface area (Å²) in [6, 6.07) is 13.4. The number of rotatable bonds is 2. The molecule has 34 heavy (non-hydrogen) atoms. The fourth-order valence-corrected chi connectivity index (χ4v) is 6.67. The Morgan fingerprint density at radius 1 is 0.941 bits per heavy atom. The SMILES string of the molecule is [2H]C1(c2ccc(-c3c(C)ccc4c3oc3ccc5c(c34)C(C)(C)CCC5(C)C)[n+](C)c2)CCCC1. The normalized spacial score (nSPS) is 21.1. The highest BCUT2D eigenvalue weighted by Crippen LogP contribution is 2.51. The Morgan fingerprint density at radius 2 is 1.68 bits per heavy atom. The quantitative estimate of drug-likeness (QED) is 0.278. The van der Waals surface area contributed by atoms with E-state index in [9.17, 15) is 0 Å². The van der Waals surface area contributed by atoms with Gasteiger partial charge in [-0.15, -0.1) is 0 Å². The Balaban J connectivity index is 1.61. The average molecular weight is 454 g/mol. The van der Waals surface area contributed by atoms with Gasteiger partial charge in [-0.3, -0.25) is 0 Å². The third-order valence-corrected chi connectivity index (χ3v) is 8.80. The van der Waals surface area contributed by atoms with Crippen LogP contribution in [0.2, 0.25) is 0 Å². The molecule has 1 fully saturated rings. The summed E-state index contributed by atoms with van der Waals surface area (Å²) in [7, 11) is 2.12. The maximum absolute atomic E-state index is 8.97. The van der Waals surface area contributed by atoms with E-state index in [1.807, 2.05) is 0 Å². The molecule has 2 aliphatic rings. The lowest BCUT2D eigenvalue weighted by atomic mass is 9.62. The summed E-state index contributed by atoms with van der Waals surface area (Å²) in [6.45, 7) is 11.7. The van der Waals surface area contributed by atoms with Crippen molar-refractivity contribution in [1.29, 1.82) is 0 Å². The van der Waals surface area contributed by atoms with E-state index in [-0.39, 0.29) is 10.8 Å². The van der Waals surface area contributed by atoms with Gasteiger partial charge >= 0.3 is 0 Å². The van der Waals surface area contributed by atoms with Crippen molar-refractivity contribution in [1.82, 2.24) is 0 Å². The topological polar surface area (TPSA) is 17.0 Å². The fourth-order valence-electron chi connectivity index (χ4n) is 6.67. The third kappa shape index (κ3) is 3.17. The van der Waals surface area contributed by atoms with Crippen molar-refractivity contribution in [2.24, 2.45) is 7.05 Å². The Bertz CT molecular complexity index is 1480. The van der Waals surface area contributed by atoms with E-state index in [2.05, 4.69) is 88.8 Å². The number of fused-ring (bicyclic) bond motifs is 5. The molecule has 2 aromatic carbocycles. The number of aromatic nitrogens is 1. The van der Waals surface area contributed by atoms with E-state index in [4.69, 9.17) is 5.79 Å². The second kappa shape index (κ2) is 7.44. The van der Waals surface area contributed by atoms with Gasteiger partial charge in [0.05, 0.1) is 5.56 Å². The first-order valence-corrected chi connectivity index (χ1v) is 13.0. The van der Waals surface area contributed by atoms with Crippen LogP contribution < -0.4 is 4.57 Å². The summed E-state index contributed by atoms with van der Waals surface area (Å²) in [5, 5.41) is 2.52. The Kier molecular flexibility index (Phi) is 4.54. The lowest BCUT2D eigenvalue weighted by molar-refractivity contribution is -0.660. The molecule has 0 aliphatic heterocycles. The molecule has 0 saturated heterocycles. The predicted octanol–water partition coefficient (Wildman–Crippen LogP) is 8.39. The highest BCUT2D eigenvalue weighted by Gasteiger charge is 2.39. The number of aryl methyl sites for hydroxylation is 2. The number of benzene rings is 2. The molecular formula is C32H38NO+. The van der Waals surface area contributed by atoms with Crippen LogP contribution in [-0.2, 0) is 17.9 Å². The van der Waals surface area contributed by atoms with Crippen LogP contribution in [0.5, 0.6) is 0 Å². The molecule has 0 amide bonds. The van der Waals surface area contributed by atoms with Crippen molar-refractivity contribution in [3.05, 3.63) is 64.8 Å². The first-order valence-electron chi connectivity index (χ1n) is 13.5. The highest BCUT2D eigenvalue weighted by molar-refractivity contribution is 6.12. The molecule has 2 aromatic heterocycles. The Hall–Kier alpha value is -2.61. The van der Waals surface area contributed by atoms with Gasteiger partial charge in [-0.2, -0.15) is 0 Å². The monoisotopic (exact) mass is 453 g/mol. The molecular weight excluding hydrogens is 414 g/mol. The summed E-state index contributed by atoms with van der Waals surface area (Å²) in [4.78, 5) is 0. The van der Waals surface area contributed by atoms with Crippen LogP contribution in [0.25, 0.3) is 33.2 Å². The maximum Gasteiger partial charge on any atom is 0.216 e. The van der Waals surface area contributed by atoms with Crippen LogP contribution in [0.15, 0.2) is 47.0 Å². The van der Waals surface area contributed by atoms with Crippen molar-refractivity contribution in [3.8, 4) is 11.3 Å². The Morgan fingerprint density at radius 3 is 2.41 bits per heavy atom. The molecule has 0 N–H and O–H groups in total. The molecule has 6 rings (SSSR count). The van der Waals surface area contributed by atoms with Crippen LogP contribution in [-0.4, -0.2) is 0 Å². The molecule has 2 heteroatoms. The van der Waals surface area contributed by atoms with E-state index in [0.29, 0.717) is 0 Å². The second-order valence-electron chi connectivity index (χ2n) is 12.1. The number of nitrogens with zero attached hydrogens (tertiary/aromatic N) is 1. The van der Waals surface area contributed by atoms with E-state index in [0.717, 1.165) is 48.1 Å². The van der Waals surface area contributed by atoms with Crippen molar-refractivity contribution >= 4 is 21.9 Å². The van der Waals surface area contributed by atoms with Gasteiger partial charge in [0.25, 0.3) is 0 Å². The molecule has 176 valence electrons. The van der Waals surface area contributed by atoms with E-state index in [1.54, 1.807) is 0 Å². The number of hydrogen-bond donors (Lipinski definition) is 0. The molecule has 0 bridgehead atoms.